The number of carbonyl (C=O) groups is 1. The Hall–Kier alpha value is -1.14. The number of hydrogen-bond acceptors (Lipinski definition) is 5. The van der Waals surface area contributed by atoms with Gasteiger partial charge in [-0.1, -0.05) is 0 Å². The maximum Gasteiger partial charge on any atom is 0.316 e. The lowest BCUT2D eigenvalue weighted by atomic mass is 9.81. The minimum atomic E-state index is -0.968. The molecule has 82 valence electrons. The molecule has 2 heterocycles. The molecule has 1 aromatic heterocycles. The van der Waals surface area contributed by atoms with Gasteiger partial charge in [0.2, 0.25) is 5.88 Å². The van der Waals surface area contributed by atoms with E-state index in [4.69, 9.17) is 9.84 Å². The summed E-state index contributed by atoms with van der Waals surface area (Å²) in [5.41, 5.74) is -0.968. The van der Waals surface area contributed by atoms with E-state index in [0.717, 1.165) is 0 Å². The van der Waals surface area contributed by atoms with Crippen LogP contribution in [0.25, 0.3) is 0 Å². The molecule has 0 aliphatic carbocycles. The lowest BCUT2D eigenvalue weighted by Gasteiger charge is -2.30. The average Bonchev–Trinajstić information content (AvgIpc) is 2.66. The summed E-state index contributed by atoms with van der Waals surface area (Å²) in [6, 6.07) is 0. The van der Waals surface area contributed by atoms with E-state index in [1.807, 2.05) is 0 Å². The van der Waals surface area contributed by atoms with Gasteiger partial charge in [-0.05, 0) is 12.8 Å². The lowest BCUT2D eigenvalue weighted by Crippen LogP contribution is -2.41. The standard InChI is InChI=1S/C9H11NO4S/c11-6-5-15-7(10-6)9(8(12)13)1-3-14-4-2-9/h5,11H,1-4H2,(H,12,13). The number of hydrogen-bond donors (Lipinski definition) is 2. The van der Waals surface area contributed by atoms with Crippen molar-refractivity contribution in [1.82, 2.24) is 4.98 Å². The molecule has 0 atom stereocenters. The number of ether oxygens (including phenoxy) is 1. The monoisotopic (exact) mass is 229 g/mol. The lowest BCUT2D eigenvalue weighted by molar-refractivity contribution is -0.147. The van der Waals surface area contributed by atoms with E-state index in [1.54, 1.807) is 0 Å². The summed E-state index contributed by atoms with van der Waals surface area (Å²) in [4.78, 5) is 15.2. The van der Waals surface area contributed by atoms with Crippen molar-refractivity contribution in [3.05, 3.63) is 10.4 Å². The Bertz CT molecular complexity index is 370. The second kappa shape index (κ2) is 3.79. The normalized spacial score (nSPS) is 20.0. The second-order valence-electron chi connectivity index (χ2n) is 3.51. The van der Waals surface area contributed by atoms with Crippen LogP contribution in [0.3, 0.4) is 0 Å². The number of thiazole rings is 1. The van der Waals surface area contributed by atoms with Crippen molar-refractivity contribution < 1.29 is 19.7 Å². The van der Waals surface area contributed by atoms with Gasteiger partial charge in [0.25, 0.3) is 0 Å². The fourth-order valence-corrected chi connectivity index (χ4v) is 2.66. The van der Waals surface area contributed by atoms with E-state index in [0.29, 0.717) is 31.1 Å². The van der Waals surface area contributed by atoms with Gasteiger partial charge in [-0.2, -0.15) is 0 Å². The van der Waals surface area contributed by atoms with Gasteiger partial charge < -0.3 is 14.9 Å². The van der Waals surface area contributed by atoms with Crippen LogP contribution in [0.2, 0.25) is 0 Å². The van der Waals surface area contributed by atoms with Gasteiger partial charge in [0.15, 0.2) is 0 Å². The van der Waals surface area contributed by atoms with Crippen molar-refractivity contribution in [2.75, 3.05) is 13.2 Å². The largest absolute Gasteiger partial charge is 0.493 e. The predicted molar refractivity (Wildman–Crippen MR) is 53.1 cm³/mol. The Balaban J connectivity index is 2.37. The Labute approximate surface area is 90.3 Å². The molecule has 1 saturated heterocycles. The molecule has 2 N–H and O–H groups in total. The molecule has 1 aliphatic heterocycles. The van der Waals surface area contributed by atoms with Crippen LogP contribution in [0, 0.1) is 0 Å². The first-order valence-corrected chi connectivity index (χ1v) is 5.49. The van der Waals surface area contributed by atoms with Crippen LogP contribution in [0.4, 0.5) is 0 Å². The summed E-state index contributed by atoms with van der Waals surface area (Å²) in [5.74, 6) is -0.998. The SMILES string of the molecule is O=C(O)C1(c2nc(O)cs2)CCOCC1. The van der Waals surface area contributed by atoms with Gasteiger partial charge in [0, 0.05) is 13.2 Å². The Morgan fingerprint density at radius 3 is 2.67 bits per heavy atom. The average molecular weight is 229 g/mol. The first-order valence-electron chi connectivity index (χ1n) is 4.61. The van der Waals surface area contributed by atoms with Gasteiger partial charge in [-0.15, -0.1) is 11.3 Å². The molecule has 2 rings (SSSR count). The van der Waals surface area contributed by atoms with E-state index in [9.17, 15) is 9.90 Å². The van der Waals surface area contributed by atoms with Crippen molar-refractivity contribution in [3.8, 4) is 5.88 Å². The number of carboxylic acids is 1. The molecule has 0 unspecified atom stereocenters. The number of nitrogens with zero attached hydrogens (tertiary/aromatic N) is 1. The molecule has 15 heavy (non-hydrogen) atoms. The molecule has 1 fully saturated rings. The summed E-state index contributed by atoms with van der Waals surface area (Å²) in [6.45, 7) is 0.847. The van der Waals surface area contributed by atoms with E-state index >= 15 is 0 Å². The van der Waals surface area contributed by atoms with Crippen molar-refractivity contribution in [3.63, 3.8) is 0 Å². The van der Waals surface area contributed by atoms with Crippen LogP contribution >= 0.6 is 11.3 Å². The first-order chi connectivity index (χ1) is 7.15. The van der Waals surface area contributed by atoms with Crippen LogP contribution in [-0.2, 0) is 14.9 Å². The molecule has 0 amide bonds. The van der Waals surface area contributed by atoms with Crippen LogP contribution in [0.5, 0.6) is 5.88 Å². The number of aliphatic carboxylic acids is 1. The fraction of sp³-hybridized carbons (Fsp3) is 0.556. The number of rotatable bonds is 2. The minimum absolute atomic E-state index is 0.109. The maximum atomic E-state index is 11.3. The Morgan fingerprint density at radius 1 is 1.53 bits per heavy atom. The first kappa shape index (κ1) is 10.4. The topological polar surface area (TPSA) is 79.7 Å². The fourth-order valence-electron chi connectivity index (χ4n) is 1.72. The van der Waals surface area contributed by atoms with E-state index in [1.165, 1.54) is 16.7 Å². The van der Waals surface area contributed by atoms with Crippen molar-refractivity contribution in [2.45, 2.75) is 18.3 Å². The van der Waals surface area contributed by atoms with Gasteiger partial charge >= 0.3 is 5.97 Å². The third-order valence-corrected chi connectivity index (χ3v) is 3.69. The van der Waals surface area contributed by atoms with Crippen LogP contribution in [0.1, 0.15) is 17.8 Å². The zero-order valence-corrected chi connectivity index (χ0v) is 8.79. The molecule has 0 bridgehead atoms. The van der Waals surface area contributed by atoms with E-state index in [-0.39, 0.29) is 5.88 Å². The molecule has 1 aromatic rings. The Kier molecular flexibility index (Phi) is 2.62. The Morgan fingerprint density at radius 2 is 2.20 bits per heavy atom. The summed E-state index contributed by atoms with van der Waals surface area (Å²) < 4.78 is 5.15. The van der Waals surface area contributed by atoms with Crippen molar-refractivity contribution >= 4 is 17.3 Å². The van der Waals surface area contributed by atoms with Gasteiger partial charge in [0.1, 0.15) is 10.4 Å². The highest BCUT2D eigenvalue weighted by Gasteiger charge is 2.44. The molecule has 6 heteroatoms. The molecule has 0 aromatic carbocycles. The molecule has 0 spiro atoms. The molecule has 5 nitrogen and oxygen atoms in total. The molecule has 0 saturated carbocycles. The highest BCUT2D eigenvalue weighted by atomic mass is 32.1. The van der Waals surface area contributed by atoms with E-state index in [2.05, 4.69) is 4.98 Å². The van der Waals surface area contributed by atoms with E-state index < -0.39 is 11.4 Å². The highest BCUT2D eigenvalue weighted by molar-refractivity contribution is 7.10. The van der Waals surface area contributed by atoms with Gasteiger partial charge in [0.05, 0.1) is 5.38 Å². The molecule has 1 aliphatic rings. The number of carboxylic acid groups (broad SMARTS) is 1. The maximum absolute atomic E-state index is 11.3. The van der Waals surface area contributed by atoms with Gasteiger partial charge in [-0.3, -0.25) is 4.79 Å². The second-order valence-corrected chi connectivity index (χ2v) is 4.37. The third-order valence-electron chi connectivity index (χ3n) is 2.66. The molecular formula is C9H11NO4S. The summed E-state index contributed by atoms with van der Waals surface area (Å²) in [5, 5.41) is 20.4. The van der Waals surface area contributed by atoms with Gasteiger partial charge in [-0.25, -0.2) is 4.98 Å². The van der Waals surface area contributed by atoms with Crippen LogP contribution in [-0.4, -0.2) is 34.4 Å². The minimum Gasteiger partial charge on any atom is -0.493 e. The summed E-state index contributed by atoms with van der Waals surface area (Å²) in [7, 11) is 0. The van der Waals surface area contributed by atoms with Crippen molar-refractivity contribution in [1.29, 1.82) is 0 Å². The van der Waals surface area contributed by atoms with Crippen molar-refractivity contribution in [2.24, 2.45) is 0 Å². The quantitative estimate of drug-likeness (QED) is 0.790. The highest BCUT2D eigenvalue weighted by Crippen LogP contribution is 2.37. The van der Waals surface area contributed by atoms with Crippen LogP contribution < -0.4 is 0 Å². The number of aromatic hydroxyl groups is 1. The molecular weight excluding hydrogens is 218 g/mol. The van der Waals surface area contributed by atoms with Crippen LogP contribution in [0.15, 0.2) is 5.38 Å². The zero-order valence-electron chi connectivity index (χ0n) is 7.97. The number of aromatic nitrogens is 1. The third kappa shape index (κ3) is 1.70. The summed E-state index contributed by atoms with van der Waals surface area (Å²) >= 11 is 1.19. The zero-order chi connectivity index (χ0) is 10.9. The predicted octanol–water partition coefficient (Wildman–Crippen LogP) is 0.982. The summed E-state index contributed by atoms with van der Waals surface area (Å²) in [6.07, 6.45) is 0.824. The smallest absolute Gasteiger partial charge is 0.316 e. The molecule has 0 radical (unpaired) electrons.